The second kappa shape index (κ2) is 8.54. The molecule has 2 heterocycles. The zero-order valence-corrected chi connectivity index (χ0v) is 16.6. The lowest BCUT2D eigenvalue weighted by atomic mass is 10.2. The van der Waals surface area contributed by atoms with Gasteiger partial charge in [-0.15, -0.1) is 11.3 Å². The van der Waals surface area contributed by atoms with Crippen LogP contribution in [-0.2, 0) is 17.9 Å². The number of rotatable bonds is 6. The largest absolute Gasteiger partial charge is 0.304 e. The van der Waals surface area contributed by atoms with Gasteiger partial charge in [0.25, 0.3) is 5.56 Å². The molecule has 0 aliphatic carbocycles. The Bertz CT molecular complexity index is 1250. The molecule has 5 nitrogen and oxygen atoms in total. The molecule has 8 heteroatoms. The first-order chi connectivity index (χ1) is 14.5. The number of benzene rings is 2. The molecule has 0 radical (unpaired) electrons. The second-order valence-electron chi connectivity index (χ2n) is 6.67. The Hall–Kier alpha value is -3.39. The number of anilines is 1. The Kier molecular flexibility index (Phi) is 5.67. The van der Waals surface area contributed by atoms with Crippen molar-refractivity contribution in [3.8, 4) is 0 Å². The number of amides is 1. The topological polar surface area (TPSA) is 55.2 Å². The number of para-hydroxylation sites is 1. The van der Waals surface area contributed by atoms with E-state index >= 15 is 0 Å². The third kappa shape index (κ3) is 4.13. The van der Waals surface area contributed by atoms with Gasteiger partial charge in [-0.05, 0) is 35.7 Å². The number of hydrogen-bond acceptors (Lipinski definition) is 4. The van der Waals surface area contributed by atoms with E-state index in [9.17, 15) is 18.4 Å². The second-order valence-corrected chi connectivity index (χ2v) is 7.70. The predicted octanol–water partition coefficient (Wildman–Crippen LogP) is 4.36. The number of hydrogen-bond donors (Lipinski definition) is 0. The molecule has 0 bridgehead atoms. The van der Waals surface area contributed by atoms with Gasteiger partial charge in [-0.3, -0.25) is 14.2 Å². The molecule has 2 aromatic carbocycles. The van der Waals surface area contributed by atoms with E-state index < -0.39 is 11.6 Å². The van der Waals surface area contributed by atoms with E-state index in [4.69, 9.17) is 0 Å². The van der Waals surface area contributed by atoms with Crippen molar-refractivity contribution < 1.29 is 13.6 Å². The number of halogens is 2. The van der Waals surface area contributed by atoms with Crippen molar-refractivity contribution in [1.29, 1.82) is 0 Å². The van der Waals surface area contributed by atoms with E-state index in [2.05, 4.69) is 4.98 Å². The van der Waals surface area contributed by atoms with Crippen molar-refractivity contribution in [2.24, 2.45) is 0 Å². The van der Waals surface area contributed by atoms with Gasteiger partial charge < -0.3 is 4.90 Å². The highest BCUT2D eigenvalue weighted by Gasteiger charge is 2.21. The quantitative estimate of drug-likeness (QED) is 0.461. The van der Waals surface area contributed by atoms with E-state index in [1.54, 1.807) is 24.3 Å². The first kappa shape index (κ1) is 19.9. The van der Waals surface area contributed by atoms with Gasteiger partial charge in [-0.1, -0.05) is 18.2 Å². The van der Waals surface area contributed by atoms with Crippen LogP contribution >= 0.6 is 11.3 Å². The van der Waals surface area contributed by atoms with Crippen molar-refractivity contribution in [2.75, 3.05) is 4.90 Å². The number of fused-ring (bicyclic) bond motifs is 1. The summed E-state index contributed by atoms with van der Waals surface area (Å²) in [6.07, 6.45) is 1.36. The zero-order valence-electron chi connectivity index (χ0n) is 15.8. The van der Waals surface area contributed by atoms with Crippen LogP contribution in [0.4, 0.5) is 14.5 Å². The molecular formula is C22H17F2N3O2S. The maximum absolute atomic E-state index is 14.4. The minimum absolute atomic E-state index is 0.00113. The third-order valence-corrected chi connectivity index (χ3v) is 5.55. The van der Waals surface area contributed by atoms with Crippen molar-refractivity contribution >= 4 is 33.8 Å². The van der Waals surface area contributed by atoms with Gasteiger partial charge >= 0.3 is 0 Å². The molecule has 152 valence electrons. The van der Waals surface area contributed by atoms with Crippen molar-refractivity contribution in [3.63, 3.8) is 0 Å². The smallest absolute Gasteiger partial charge is 0.261 e. The lowest BCUT2D eigenvalue weighted by Crippen LogP contribution is -2.32. The first-order valence-corrected chi connectivity index (χ1v) is 10.1. The minimum Gasteiger partial charge on any atom is -0.304 e. The van der Waals surface area contributed by atoms with Gasteiger partial charge in [0.1, 0.15) is 11.6 Å². The summed E-state index contributed by atoms with van der Waals surface area (Å²) in [6, 6.07) is 13.8. The van der Waals surface area contributed by atoms with Crippen LogP contribution in [0.25, 0.3) is 10.9 Å². The van der Waals surface area contributed by atoms with E-state index in [1.807, 2.05) is 17.5 Å². The highest BCUT2D eigenvalue weighted by Crippen LogP contribution is 2.24. The van der Waals surface area contributed by atoms with Crippen molar-refractivity contribution in [1.82, 2.24) is 9.55 Å². The Morgan fingerprint density at radius 3 is 2.70 bits per heavy atom. The average Bonchev–Trinajstić information content (AvgIpc) is 3.25. The molecule has 0 spiro atoms. The number of carbonyl (C=O) groups excluding carboxylic acids is 1. The highest BCUT2D eigenvalue weighted by atomic mass is 32.1. The molecule has 0 N–H and O–H groups in total. The fourth-order valence-corrected chi connectivity index (χ4v) is 3.88. The van der Waals surface area contributed by atoms with Crippen LogP contribution in [0.15, 0.2) is 71.1 Å². The number of carbonyl (C=O) groups is 1. The van der Waals surface area contributed by atoms with Crippen LogP contribution in [0.1, 0.15) is 11.3 Å². The Morgan fingerprint density at radius 2 is 1.93 bits per heavy atom. The molecule has 4 aromatic rings. The van der Waals surface area contributed by atoms with Gasteiger partial charge in [0.2, 0.25) is 5.91 Å². The highest BCUT2D eigenvalue weighted by molar-refractivity contribution is 7.09. The van der Waals surface area contributed by atoms with E-state index in [0.29, 0.717) is 10.9 Å². The summed E-state index contributed by atoms with van der Waals surface area (Å²) >= 11 is 1.44. The van der Waals surface area contributed by atoms with Crippen molar-refractivity contribution in [2.45, 2.75) is 19.5 Å². The number of aryl methyl sites for hydroxylation is 1. The van der Waals surface area contributed by atoms with Crippen LogP contribution in [0.2, 0.25) is 0 Å². The monoisotopic (exact) mass is 425 g/mol. The van der Waals surface area contributed by atoms with E-state index in [1.165, 1.54) is 33.2 Å². The summed E-state index contributed by atoms with van der Waals surface area (Å²) in [5.41, 5.74) is 0.336. The zero-order chi connectivity index (χ0) is 21.1. The van der Waals surface area contributed by atoms with E-state index in [-0.39, 0.29) is 36.7 Å². The molecule has 0 aliphatic heterocycles. The number of thiophene rings is 1. The lowest BCUT2D eigenvalue weighted by molar-refractivity contribution is -0.119. The van der Waals surface area contributed by atoms with Crippen LogP contribution in [0.3, 0.4) is 0 Å². The van der Waals surface area contributed by atoms with Gasteiger partial charge in [0, 0.05) is 23.9 Å². The van der Waals surface area contributed by atoms with Gasteiger partial charge in [-0.25, -0.2) is 13.8 Å². The minimum atomic E-state index is -0.815. The third-order valence-electron chi connectivity index (χ3n) is 4.69. The Labute approximate surface area is 174 Å². The van der Waals surface area contributed by atoms with Crippen LogP contribution in [0.5, 0.6) is 0 Å². The Morgan fingerprint density at radius 1 is 1.10 bits per heavy atom. The fraction of sp³-hybridized carbons (Fsp3) is 0.136. The van der Waals surface area contributed by atoms with Gasteiger partial charge in [0.05, 0.1) is 29.5 Å². The molecule has 0 saturated carbocycles. The van der Waals surface area contributed by atoms with Gasteiger partial charge in [0.15, 0.2) is 0 Å². The predicted molar refractivity (Wildman–Crippen MR) is 112 cm³/mol. The maximum Gasteiger partial charge on any atom is 0.261 e. The SMILES string of the molecule is O=C(CCn1cnc2ccccc2c1=O)N(Cc1cccs1)c1ccc(F)cc1F. The summed E-state index contributed by atoms with van der Waals surface area (Å²) in [5, 5.41) is 2.33. The van der Waals surface area contributed by atoms with Crippen molar-refractivity contribution in [3.05, 3.63) is 93.2 Å². The Balaban J connectivity index is 1.59. The summed E-state index contributed by atoms with van der Waals surface area (Å²) in [5.74, 6) is -1.91. The number of nitrogens with zero attached hydrogens (tertiary/aromatic N) is 3. The molecule has 0 saturated heterocycles. The van der Waals surface area contributed by atoms with Crippen LogP contribution < -0.4 is 10.5 Å². The van der Waals surface area contributed by atoms with Crippen LogP contribution in [0, 0.1) is 11.6 Å². The summed E-state index contributed by atoms with van der Waals surface area (Å²) in [4.78, 5) is 32.0. The fourth-order valence-electron chi connectivity index (χ4n) is 3.18. The molecule has 0 unspecified atom stereocenters. The maximum atomic E-state index is 14.4. The molecule has 0 fully saturated rings. The first-order valence-electron chi connectivity index (χ1n) is 9.25. The molecule has 1 amide bonds. The molecular weight excluding hydrogens is 408 g/mol. The molecule has 2 aromatic heterocycles. The van der Waals surface area contributed by atoms with Crippen LogP contribution in [-0.4, -0.2) is 15.5 Å². The summed E-state index contributed by atoms with van der Waals surface area (Å²) < 4.78 is 29.1. The summed E-state index contributed by atoms with van der Waals surface area (Å²) in [6.45, 7) is 0.253. The standard InChI is InChI=1S/C22H17F2N3O2S/c23-15-7-8-20(18(24)12-15)27(13-16-4-3-11-30-16)21(28)9-10-26-14-25-19-6-2-1-5-17(19)22(26)29/h1-8,11-12,14H,9-10,13H2. The molecule has 4 rings (SSSR count). The van der Waals surface area contributed by atoms with E-state index in [0.717, 1.165) is 17.0 Å². The normalized spacial score (nSPS) is 11.0. The summed E-state index contributed by atoms with van der Waals surface area (Å²) in [7, 11) is 0. The lowest BCUT2D eigenvalue weighted by Gasteiger charge is -2.23. The number of aromatic nitrogens is 2. The molecule has 0 atom stereocenters. The molecule has 0 aliphatic rings. The molecule has 30 heavy (non-hydrogen) atoms. The average molecular weight is 425 g/mol. The van der Waals surface area contributed by atoms with Gasteiger partial charge in [-0.2, -0.15) is 0 Å².